The summed E-state index contributed by atoms with van der Waals surface area (Å²) in [6.07, 6.45) is 1.59. The second-order valence-corrected chi connectivity index (χ2v) is 7.84. The summed E-state index contributed by atoms with van der Waals surface area (Å²) in [6.45, 7) is 5.92. The Labute approximate surface area is 190 Å². The van der Waals surface area contributed by atoms with E-state index in [1.54, 1.807) is 47.4 Å². The normalized spacial score (nSPS) is 11.1. The van der Waals surface area contributed by atoms with Gasteiger partial charge in [0, 0.05) is 23.9 Å². The van der Waals surface area contributed by atoms with Crippen LogP contribution in [0.5, 0.6) is 11.5 Å². The molecule has 0 aliphatic rings. The Balaban J connectivity index is 1.52. The molecule has 0 bridgehead atoms. The number of anilines is 1. The summed E-state index contributed by atoms with van der Waals surface area (Å²) < 4.78 is 14.4. The largest absolute Gasteiger partial charge is 0.496 e. The van der Waals surface area contributed by atoms with E-state index in [1.165, 1.54) is 17.7 Å². The van der Waals surface area contributed by atoms with Gasteiger partial charge < -0.3 is 14.8 Å². The molecule has 2 aromatic carbocycles. The van der Waals surface area contributed by atoms with Gasteiger partial charge in [-0.1, -0.05) is 18.2 Å². The lowest BCUT2D eigenvalue weighted by Crippen LogP contribution is -2.23. The van der Waals surface area contributed by atoms with Crippen molar-refractivity contribution in [3.05, 3.63) is 82.0 Å². The van der Waals surface area contributed by atoms with E-state index in [-0.39, 0.29) is 24.1 Å². The van der Waals surface area contributed by atoms with E-state index in [0.29, 0.717) is 34.2 Å². The van der Waals surface area contributed by atoms with Gasteiger partial charge in [-0.15, -0.1) is 0 Å². The van der Waals surface area contributed by atoms with Gasteiger partial charge >= 0.3 is 0 Å². The summed E-state index contributed by atoms with van der Waals surface area (Å²) >= 11 is 0. The Bertz CT molecular complexity index is 1370. The van der Waals surface area contributed by atoms with Crippen molar-refractivity contribution in [1.82, 2.24) is 19.2 Å². The highest BCUT2D eigenvalue weighted by atomic mass is 16.5. The van der Waals surface area contributed by atoms with Crippen molar-refractivity contribution in [2.75, 3.05) is 12.4 Å². The molecule has 1 N–H and O–H groups in total. The molecule has 0 spiro atoms. The summed E-state index contributed by atoms with van der Waals surface area (Å²) in [6, 6.07) is 13.9. The van der Waals surface area contributed by atoms with Crippen molar-refractivity contribution < 1.29 is 14.3 Å². The monoisotopic (exact) mass is 447 g/mol. The number of nitrogens with one attached hydrogen (secondary N) is 1. The van der Waals surface area contributed by atoms with Gasteiger partial charge in [-0.25, -0.2) is 4.98 Å². The third-order valence-corrected chi connectivity index (χ3v) is 5.16. The maximum Gasteiger partial charge on any atom is 0.274 e. The topological polar surface area (TPSA) is 99.7 Å². The molecular formula is C24H25N5O4. The molecule has 4 aromatic rings. The molecule has 9 heteroatoms. The van der Waals surface area contributed by atoms with Crippen LogP contribution in [0.1, 0.15) is 41.5 Å². The number of hydrogen-bond acceptors (Lipinski definition) is 6. The van der Waals surface area contributed by atoms with Crippen molar-refractivity contribution >= 4 is 17.4 Å². The van der Waals surface area contributed by atoms with Gasteiger partial charge in [0.15, 0.2) is 0 Å². The molecule has 0 saturated heterocycles. The predicted molar refractivity (Wildman–Crippen MR) is 124 cm³/mol. The lowest BCUT2D eigenvalue weighted by Gasteiger charge is -2.13. The highest BCUT2D eigenvalue weighted by molar-refractivity contribution is 6.06. The molecule has 4 rings (SSSR count). The standard InChI is InChI=1S/C24H25N5O4/c1-15(2)28-14-25-24-27-18(12-22(30)29(24)28)13-33-21-11-17(10-9-16(21)3)26-23(31)19-7-5-6-8-20(19)32-4/h5-12,14-15H,13H2,1-4H3,(H,26,31). The van der Waals surface area contributed by atoms with Crippen molar-refractivity contribution in [3.8, 4) is 11.5 Å². The first kappa shape index (κ1) is 22.1. The number of nitrogens with zero attached hydrogens (tertiary/aromatic N) is 4. The molecular weight excluding hydrogens is 422 g/mol. The Hall–Kier alpha value is -4.14. The quantitative estimate of drug-likeness (QED) is 0.465. The van der Waals surface area contributed by atoms with E-state index >= 15 is 0 Å². The highest BCUT2D eigenvalue weighted by Gasteiger charge is 2.14. The maximum absolute atomic E-state index is 12.7. The molecule has 0 aliphatic carbocycles. The van der Waals surface area contributed by atoms with Gasteiger partial charge in [-0.2, -0.15) is 9.50 Å². The molecule has 0 unspecified atom stereocenters. The van der Waals surface area contributed by atoms with Crippen LogP contribution in [-0.4, -0.2) is 32.2 Å². The Kier molecular flexibility index (Phi) is 6.12. The Morgan fingerprint density at radius 2 is 1.91 bits per heavy atom. The van der Waals surface area contributed by atoms with Crippen LogP contribution >= 0.6 is 0 Å². The number of para-hydroxylation sites is 1. The molecule has 0 atom stereocenters. The first-order valence-corrected chi connectivity index (χ1v) is 10.5. The zero-order valence-corrected chi connectivity index (χ0v) is 18.9. The van der Waals surface area contributed by atoms with Gasteiger partial charge in [-0.05, 0) is 44.5 Å². The number of carbonyl (C=O) groups excluding carboxylic acids is 1. The number of ether oxygens (including phenoxy) is 2. The first-order chi connectivity index (χ1) is 15.9. The minimum Gasteiger partial charge on any atom is -0.496 e. The Morgan fingerprint density at radius 1 is 1.12 bits per heavy atom. The van der Waals surface area contributed by atoms with Crippen LogP contribution < -0.4 is 20.3 Å². The average Bonchev–Trinajstić information content (AvgIpc) is 3.24. The number of aromatic nitrogens is 4. The number of hydrogen-bond donors (Lipinski definition) is 1. The van der Waals surface area contributed by atoms with Crippen molar-refractivity contribution in [2.45, 2.75) is 33.4 Å². The third kappa shape index (κ3) is 4.57. The molecule has 9 nitrogen and oxygen atoms in total. The third-order valence-electron chi connectivity index (χ3n) is 5.16. The van der Waals surface area contributed by atoms with Gasteiger partial charge in [0.05, 0.1) is 18.4 Å². The summed E-state index contributed by atoms with van der Waals surface area (Å²) in [4.78, 5) is 33.9. The summed E-state index contributed by atoms with van der Waals surface area (Å²) in [5.41, 5.74) is 2.14. The molecule has 0 radical (unpaired) electrons. The van der Waals surface area contributed by atoms with Crippen LogP contribution in [0.15, 0.2) is 59.7 Å². The van der Waals surface area contributed by atoms with Gasteiger partial charge in [-0.3, -0.25) is 14.3 Å². The molecule has 0 aliphatic heterocycles. The first-order valence-electron chi connectivity index (χ1n) is 10.5. The summed E-state index contributed by atoms with van der Waals surface area (Å²) in [5, 5.41) is 2.86. The number of methoxy groups -OCH3 is 1. The van der Waals surface area contributed by atoms with E-state index in [1.807, 2.05) is 26.8 Å². The van der Waals surface area contributed by atoms with E-state index in [0.717, 1.165) is 5.56 Å². The number of amides is 1. The lowest BCUT2D eigenvalue weighted by molar-refractivity contribution is 0.102. The molecule has 2 aromatic heterocycles. The van der Waals surface area contributed by atoms with Crippen molar-refractivity contribution in [1.29, 1.82) is 0 Å². The van der Waals surface area contributed by atoms with Crippen LogP contribution in [-0.2, 0) is 6.61 Å². The van der Waals surface area contributed by atoms with E-state index < -0.39 is 0 Å². The van der Waals surface area contributed by atoms with E-state index in [2.05, 4.69) is 15.3 Å². The predicted octanol–water partition coefficient (Wildman–Crippen LogP) is 3.62. The Morgan fingerprint density at radius 3 is 2.67 bits per heavy atom. The fourth-order valence-corrected chi connectivity index (χ4v) is 3.43. The number of benzene rings is 2. The van der Waals surface area contributed by atoms with Crippen molar-refractivity contribution in [2.24, 2.45) is 0 Å². The van der Waals surface area contributed by atoms with E-state index in [9.17, 15) is 9.59 Å². The van der Waals surface area contributed by atoms with Gasteiger partial charge in [0.1, 0.15) is 24.4 Å². The van der Waals surface area contributed by atoms with Gasteiger partial charge in [0.25, 0.3) is 17.2 Å². The minimum absolute atomic E-state index is 0.0769. The molecule has 170 valence electrons. The summed E-state index contributed by atoms with van der Waals surface area (Å²) in [5.74, 6) is 1.10. The fourth-order valence-electron chi connectivity index (χ4n) is 3.43. The number of fused-ring (bicyclic) bond motifs is 1. The number of aryl methyl sites for hydroxylation is 1. The fraction of sp³-hybridized carbons (Fsp3) is 0.250. The van der Waals surface area contributed by atoms with Crippen molar-refractivity contribution in [3.63, 3.8) is 0 Å². The molecule has 0 saturated carbocycles. The zero-order chi connectivity index (χ0) is 23.5. The molecule has 33 heavy (non-hydrogen) atoms. The SMILES string of the molecule is COc1ccccc1C(=O)Nc1ccc(C)c(OCc2cc(=O)n3c(ncn3C(C)C)n2)c1. The maximum atomic E-state index is 12.7. The second kappa shape index (κ2) is 9.15. The molecule has 0 fully saturated rings. The van der Waals surface area contributed by atoms with Crippen LogP contribution in [0.25, 0.3) is 5.78 Å². The smallest absolute Gasteiger partial charge is 0.274 e. The highest BCUT2D eigenvalue weighted by Crippen LogP contribution is 2.25. The zero-order valence-electron chi connectivity index (χ0n) is 18.9. The number of carbonyl (C=O) groups is 1. The van der Waals surface area contributed by atoms with Crippen LogP contribution in [0.4, 0.5) is 5.69 Å². The van der Waals surface area contributed by atoms with Gasteiger partial charge in [0.2, 0.25) is 0 Å². The average molecular weight is 447 g/mol. The summed E-state index contributed by atoms with van der Waals surface area (Å²) in [7, 11) is 1.52. The van der Waals surface area contributed by atoms with E-state index in [4.69, 9.17) is 9.47 Å². The van der Waals surface area contributed by atoms with Crippen LogP contribution in [0.2, 0.25) is 0 Å². The van der Waals surface area contributed by atoms with Crippen LogP contribution in [0, 0.1) is 6.92 Å². The number of rotatable bonds is 7. The lowest BCUT2D eigenvalue weighted by atomic mass is 10.1. The minimum atomic E-state index is -0.289. The molecule has 2 heterocycles. The molecule has 1 amide bonds. The second-order valence-electron chi connectivity index (χ2n) is 7.84. The van der Waals surface area contributed by atoms with Crippen LogP contribution in [0.3, 0.4) is 0 Å².